The Bertz CT molecular complexity index is 738. The van der Waals surface area contributed by atoms with Crippen LogP contribution in [0.4, 0.5) is 8.78 Å². The fourth-order valence-corrected chi connectivity index (χ4v) is 2.22. The van der Waals surface area contributed by atoms with Crippen LogP contribution in [-0.2, 0) is 20.7 Å². The van der Waals surface area contributed by atoms with Crippen molar-refractivity contribution in [1.29, 1.82) is 0 Å². The normalized spacial score (nSPS) is 10.4. The first-order valence-corrected chi connectivity index (χ1v) is 8.67. The largest absolute Gasteiger partial charge is 0.493 e. The summed E-state index contributed by atoms with van der Waals surface area (Å²) in [6.07, 6.45) is 0.536. The van der Waals surface area contributed by atoms with Crippen molar-refractivity contribution in [3.8, 4) is 11.5 Å². The molecule has 0 aromatic heterocycles. The van der Waals surface area contributed by atoms with E-state index in [-0.39, 0.29) is 25.4 Å². The van der Waals surface area contributed by atoms with Crippen LogP contribution in [0.1, 0.15) is 12.0 Å². The van der Waals surface area contributed by atoms with Gasteiger partial charge in [0.2, 0.25) is 0 Å². The molecule has 0 aliphatic heterocycles. The standard InChI is InChI=1S/C20H21F2NO5/c21-20(22)28-17-8-6-15(7-9-17)10-12-23-18(24)14-27-19(25)11-13-26-16-4-2-1-3-5-16/h1-9,20H,10-14H2,(H,23,24). The van der Waals surface area contributed by atoms with Crippen LogP contribution in [0.2, 0.25) is 0 Å². The van der Waals surface area contributed by atoms with E-state index in [1.807, 2.05) is 18.2 Å². The van der Waals surface area contributed by atoms with E-state index >= 15 is 0 Å². The number of carbonyl (C=O) groups excluding carboxylic acids is 2. The number of rotatable bonds is 11. The van der Waals surface area contributed by atoms with E-state index in [0.29, 0.717) is 18.7 Å². The summed E-state index contributed by atoms with van der Waals surface area (Å²) in [5, 5.41) is 2.62. The molecule has 0 saturated heterocycles. The Morgan fingerprint density at radius 2 is 1.68 bits per heavy atom. The number of benzene rings is 2. The molecule has 1 amide bonds. The van der Waals surface area contributed by atoms with Crippen molar-refractivity contribution < 1.29 is 32.6 Å². The van der Waals surface area contributed by atoms with Crippen LogP contribution in [0.5, 0.6) is 11.5 Å². The summed E-state index contributed by atoms with van der Waals surface area (Å²) < 4.78 is 38.7. The molecule has 6 nitrogen and oxygen atoms in total. The Balaban J connectivity index is 1.56. The molecule has 0 heterocycles. The molecule has 0 radical (unpaired) electrons. The van der Waals surface area contributed by atoms with Gasteiger partial charge in [0.05, 0.1) is 13.0 Å². The average molecular weight is 393 g/mol. The van der Waals surface area contributed by atoms with Gasteiger partial charge in [-0.2, -0.15) is 8.78 Å². The molecule has 2 aromatic rings. The van der Waals surface area contributed by atoms with Crippen LogP contribution < -0.4 is 14.8 Å². The molecule has 0 atom stereocenters. The SMILES string of the molecule is O=C(COC(=O)CCOc1ccccc1)NCCc1ccc(OC(F)F)cc1. The molecule has 2 rings (SSSR count). The van der Waals surface area contributed by atoms with E-state index in [1.165, 1.54) is 12.1 Å². The van der Waals surface area contributed by atoms with Crippen molar-refractivity contribution in [3.63, 3.8) is 0 Å². The summed E-state index contributed by atoms with van der Waals surface area (Å²) in [7, 11) is 0. The molecule has 8 heteroatoms. The highest BCUT2D eigenvalue weighted by Crippen LogP contribution is 2.15. The fraction of sp³-hybridized carbons (Fsp3) is 0.300. The minimum absolute atomic E-state index is 0.0369. The fourth-order valence-electron chi connectivity index (χ4n) is 2.22. The van der Waals surface area contributed by atoms with E-state index in [1.54, 1.807) is 24.3 Å². The Labute approximate surface area is 161 Å². The highest BCUT2D eigenvalue weighted by Gasteiger charge is 2.08. The van der Waals surface area contributed by atoms with E-state index in [4.69, 9.17) is 9.47 Å². The van der Waals surface area contributed by atoms with Crippen LogP contribution in [0, 0.1) is 0 Å². The number of ether oxygens (including phenoxy) is 3. The minimum Gasteiger partial charge on any atom is -0.493 e. The zero-order valence-electron chi connectivity index (χ0n) is 15.1. The summed E-state index contributed by atoms with van der Waals surface area (Å²) >= 11 is 0. The third-order valence-electron chi connectivity index (χ3n) is 3.57. The number of carbonyl (C=O) groups is 2. The molecule has 0 fully saturated rings. The van der Waals surface area contributed by atoms with E-state index in [2.05, 4.69) is 10.1 Å². The second-order valence-electron chi connectivity index (χ2n) is 5.69. The quantitative estimate of drug-likeness (QED) is 0.594. The number of nitrogens with one attached hydrogen (secondary N) is 1. The molecule has 150 valence electrons. The topological polar surface area (TPSA) is 73.9 Å². The maximum atomic E-state index is 12.1. The first kappa shape index (κ1) is 21.1. The van der Waals surface area contributed by atoms with Crippen molar-refractivity contribution in [2.45, 2.75) is 19.5 Å². The predicted octanol–water partition coefficient (Wildman–Crippen LogP) is 2.96. The van der Waals surface area contributed by atoms with Crippen LogP contribution in [-0.4, -0.2) is 38.2 Å². The van der Waals surface area contributed by atoms with Crippen molar-refractivity contribution in [2.24, 2.45) is 0 Å². The molecule has 0 unspecified atom stereocenters. The first-order chi connectivity index (χ1) is 13.5. The number of hydrogen-bond donors (Lipinski definition) is 1. The zero-order valence-corrected chi connectivity index (χ0v) is 15.1. The smallest absolute Gasteiger partial charge is 0.387 e. The van der Waals surface area contributed by atoms with Crippen molar-refractivity contribution in [1.82, 2.24) is 5.32 Å². The third-order valence-corrected chi connectivity index (χ3v) is 3.57. The van der Waals surface area contributed by atoms with Crippen molar-refractivity contribution in [2.75, 3.05) is 19.8 Å². The minimum atomic E-state index is -2.86. The Hall–Kier alpha value is -3.16. The number of para-hydroxylation sites is 1. The van der Waals surface area contributed by atoms with Gasteiger partial charge >= 0.3 is 12.6 Å². The highest BCUT2D eigenvalue weighted by atomic mass is 19.3. The van der Waals surface area contributed by atoms with Gasteiger partial charge in [0.15, 0.2) is 6.61 Å². The van der Waals surface area contributed by atoms with Crippen LogP contribution in [0.15, 0.2) is 54.6 Å². The number of hydrogen-bond acceptors (Lipinski definition) is 5. The summed E-state index contributed by atoms with van der Waals surface area (Å²) in [6, 6.07) is 15.2. The zero-order chi connectivity index (χ0) is 20.2. The summed E-state index contributed by atoms with van der Waals surface area (Å²) in [5.74, 6) is -0.219. The first-order valence-electron chi connectivity index (χ1n) is 8.67. The van der Waals surface area contributed by atoms with Gasteiger partial charge in [-0.05, 0) is 36.2 Å². The number of alkyl halides is 2. The summed E-state index contributed by atoms with van der Waals surface area (Å²) in [4.78, 5) is 23.3. The Kier molecular flexibility index (Phi) is 8.71. The van der Waals surface area contributed by atoms with Gasteiger partial charge in [0.25, 0.3) is 5.91 Å². The van der Waals surface area contributed by atoms with Gasteiger partial charge in [-0.25, -0.2) is 0 Å². The summed E-state index contributed by atoms with van der Waals surface area (Å²) in [5.41, 5.74) is 0.844. The molecule has 0 aliphatic carbocycles. The molecule has 0 saturated carbocycles. The van der Waals surface area contributed by atoms with E-state index < -0.39 is 18.5 Å². The number of esters is 1. The lowest BCUT2D eigenvalue weighted by Crippen LogP contribution is -2.30. The molecular weight excluding hydrogens is 372 g/mol. The molecule has 2 aromatic carbocycles. The lowest BCUT2D eigenvalue weighted by atomic mass is 10.1. The molecule has 0 spiro atoms. The average Bonchev–Trinajstić information content (AvgIpc) is 2.68. The highest BCUT2D eigenvalue weighted by molar-refractivity contribution is 5.80. The van der Waals surface area contributed by atoms with E-state index in [9.17, 15) is 18.4 Å². The lowest BCUT2D eigenvalue weighted by molar-refractivity contribution is -0.149. The predicted molar refractivity (Wildman–Crippen MR) is 97.3 cm³/mol. The molecular formula is C20H21F2NO5. The molecule has 1 N–H and O–H groups in total. The van der Waals surface area contributed by atoms with Crippen LogP contribution >= 0.6 is 0 Å². The second kappa shape index (κ2) is 11.5. The molecule has 28 heavy (non-hydrogen) atoms. The third kappa shape index (κ3) is 8.48. The second-order valence-corrected chi connectivity index (χ2v) is 5.69. The van der Waals surface area contributed by atoms with Gasteiger partial charge in [-0.3, -0.25) is 9.59 Å². The Morgan fingerprint density at radius 3 is 2.36 bits per heavy atom. The van der Waals surface area contributed by atoms with Crippen LogP contribution in [0.3, 0.4) is 0 Å². The lowest BCUT2D eigenvalue weighted by Gasteiger charge is -2.08. The van der Waals surface area contributed by atoms with Gasteiger partial charge < -0.3 is 19.5 Å². The van der Waals surface area contributed by atoms with Crippen molar-refractivity contribution >= 4 is 11.9 Å². The molecule has 0 bridgehead atoms. The number of halogens is 2. The van der Waals surface area contributed by atoms with Gasteiger partial charge in [-0.1, -0.05) is 30.3 Å². The molecule has 0 aliphatic rings. The van der Waals surface area contributed by atoms with Crippen molar-refractivity contribution in [3.05, 3.63) is 60.2 Å². The maximum absolute atomic E-state index is 12.1. The monoisotopic (exact) mass is 393 g/mol. The summed E-state index contributed by atoms with van der Waals surface area (Å²) in [6.45, 7) is -2.75. The van der Waals surface area contributed by atoms with Gasteiger partial charge in [0, 0.05) is 6.54 Å². The van der Waals surface area contributed by atoms with Gasteiger partial charge in [0.1, 0.15) is 11.5 Å². The van der Waals surface area contributed by atoms with Crippen LogP contribution in [0.25, 0.3) is 0 Å². The number of amides is 1. The Morgan fingerprint density at radius 1 is 0.964 bits per heavy atom. The maximum Gasteiger partial charge on any atom is 0.387 e. The van der Waals surface area contributed by atoms with Gasteiger partial charge in [-0.15, -0.1) is 0 Å². The van der Waals surface area contributed by atoms with E-state index in [0.717, 1.165) is 5.56 Å².